The lowest BCUT2D eigenvalue weighted by molar-refractivity contribution is -0.0672. The van der Waals surface area contributed by atoms with E-state index in [2.05, 4.69) is 85.7 Å². The summed E-state index contributed by atoms with van der Waals surface area (Å²) in [6, 6.07) is 15.4. The van der Waals surface area contributed by atoms with E-state index < -0.39 is 0 Å². The van der Waals surface area contributed by atoms with Crippen LogP contribution in [0.4, 0.5) is 0 Å². The minimum Gasteiger partial charge on any atom is -0.465 e. The van der Waals surface area contributed by atoms with Crippen LogP contribution in [0, 0.1) is 0 Å². The van der Waals surface area contributed by atoms with Crippen molar-refractivity contribution in [1.29, 1.82) is 0 Å². The molecule has 2 aromatic rings. The molecule has 2 rings (SSSR count). The van der Waals surface area contributed by atoms with Crippen LogP contribution in [0.2, 0.25) is 0 Å². The van der Waals surface area contributed by atoms with Gasteiger partial charge in [-0.3, -0.25) is 0 Å². The Morgan fingerprint density at radius 2 is 1.48 bits per heavy atom. The van der Waals surface area contributed by atoms with Crippen molar-refractivity contribution in [3.63, 3.8) is 0 Å². The van der Waals surface area contributed by atoms with Gasteiger partial charge in [0.2, 0.25) is 0 Å². The molecule has 0 aromatic heterocycles. The van der Waals surface area contributed by atoms with Gasteiger partial charge in [0.15, 0.2) is 6.29 Å². The van der Waals surface area contributed by atoms with Crippen molar-refractivity contribution < 1.29 is 9.47 Å². The largest absolute Gasteiger partial charge is 0.465 e. The third-order valence-electron chi connectivity index (χ3n) is 6.09. The van der Waals surface area contributed by atoms with Crippen molar-refractivity contribution in [1.82, 2.24) is 0 Å². The molecule has 31 heavy (non-hydrogen) atoms. The monoisotopic (exact) mass is 424 g/mol. The van der Waals surface area contributed by atoms with E-state index in [-0.39, 0.29) is 17.1 Å². The lowest BCUT2D eigenvalue weighted by atomic mass is 9.78. The maximum absolute atomic E-state index is 5.95. The topological polar surface area (TPSA) is 18.5 Å². The molecule has 0 aliphatic carbocycles. The second-order valence-corrected chi connectivity index (χ2v) is 10.9. The molecule has 0 amide bonds. The van der Waals surface area contributed by atoms with Crippen LogP contribution < -0.4 is 4.74 Å². The first-order chi connectivity index (χ1) is 14.4. The van der Waals surface area contributed by atoms with Crippen molar-refractivity contribution in [3.8, 4) is 5.75 Å². The molecule has 0 saturated heterocycles. The van der Waals surface area contributed by atoms with Gasteiger partial charge in [0, 0.05) is 0 Å². The Hall–Kier alpha value is -1.80. The molecule has 2 aromatic carbocycles. The minimum atomic E-state index is -0.250. The van der Waals surface area contributed by atoms with Gasteiger partial charge in [0.05, 0.1) is 6.61 Å². The lowest BCUT2D eigenvalue weighted by Crippen LogP contribution is -2.19. The molecule has 0 spiro atoms. The maximum atomic E-state index is 5.95. The van der Waals surface area contributed by atoms with Gasteiger partial charge in [-0.15, -0.1) is 0 Å². The molecule has 2 atom stereocenters. The number of hydrogen-bond acceptors (Lipinski definition) is 2. The first kappa shape index (κ1) is 25.5. The van der Waals surface area contributed by atoms with Crippen LogP contribution in [0.25, 0.3) is 0 Å². The summed E-state index contributed by atoms with van der Waals surface area (Å²) in [4.78, 5) is 0. The number of aryl methyl sites for hydroxylation is 1. The summed E-state index contributed by atoms with van der Waals surface area (Å²) in [6.07, 6.45) is 2.90. The first-order valence-corrected chi connectivity index (χ1v) is 11.9. The standard InChI is InChI=1S/C29H44O2/c1-10-21(2)23-14-17-26(18-15-23)31-22(3)30-19-11-12-24-13-16-25(28(4,5)6)20-27(24)29(7,8)9/h13-18,20-22H,10-12,19H2,1-9H3. The van der Waals surface area contributed by atoms with Gasteiger partial charge in [0.1, 0.15) is 5.75 Å². The summed E-state index contributed by atoms with van der Waals surface area (Å²) < 4.78 is 11.9. The zero-order valence-electron chi connectivity index (χ0n) is 21.3. The minimum absolute atomic E-state index is 0.134. The van der Waals surface area contributed by atoms with Crippen molar-refractivity contribution in [2.24, 2.45) is 0 Å². The summed E-state index contributed by atoms with van der Waals surface area (Å²) in [5.41, 5.74) is 5.94. The number of ether oxygens (including phenoxy) is 2. The first-order valence-electron chi connectivity index (χ1n) is 11.9. The molecular formula is C29H44O2. The summed E-state index contributed by atoms with van der Waals surface area (Å²) >= 11 is 0. The van der Waals surface area contributed by atoms with E-state index in [0.29, 0.717) is 12.5 Å². The summed E-state index contributed by atoms with van der Waals surface area (Å²) in [7, 11) is 0. The smallest absolute Gasteiger partial charge is 0.196 e. The molecule has 0 radical (unpaired) electrons. The van der Waals surface area contributed by atoms with Crippen molar-refractivity contribution in [2.45, 2.75) is 105 Å². The number of rotatable bonds is 9. The Morgan fingerprint density at radius 1 is 0.839 bits per heavy atom. The molecule has 0 saturated carbocycles. The van der Waals surface area contributed by atoms with Gasteiger partial charge in [0.25, 0.3) is 0 Å². The van der Waals surface area contributed by atoms with Crippen LogP contribution >= 0.6 is 0 Å². The Bertz CT molecular complexity index is 806. The van der Waals surface area contributed by atoms with Gasteiger partial charge < -0.3 is 9.47 Å². The molecule has 172 valence electrons. The van der Waals surface area contributed by atoms with Gasteiger partial charge in [-0.2, -0.15) is 0 Å². The summed E-state index contributed by atoms with van der Waals surface area (Å²) in [5.74, 6) is 1.45. The van der Waals surface area contributed by atoms with Gasteiger partial charge in [-0.1, -0.05) is 85.7 Å². The SMILES string of the molecule is CCC(C)c1ccc(OC(C)OCCCc2ccc(C(C)(C)C)cc2C(C)(C)C)cc1. The van der Waals surface area contributed by atoms with Gasteiger partial charge in [-0.05, 0) is 77.3 Å². The molecule has 2 heteroatoms. The highest BCUT2D eigenvalue weighted by Gasteiger charge is 2.22. The molecule has 2 unspecified atom stereocenters. The predicted molar refractivity (Wildman–Crippen MR) is 133 cm³/mol. The van der Waals surface area contributed by atoms with Crippen molar-refractivity contribution in [3.05, 3.63) is 64.7 Å². The summed E-state index contributed by atoms with van der Waals surface area (Å²) in [5, 5.41) is 0. The molecule has 2 nitrogen and oxygen atoms in total. The van der Waals surface area contributed by atoms with Crippen molar-refractivity contribution in [2.75, 3.05) is 6.61 Å². The Labute approximate surface area is 191 Å². The summed E-state index contributed by atoms with van der Waals surface area (Å²) in [6.45, 7) is 20.9. The van der Waals surface area contributed by atoms with Gasteiger partial charge in [-0.25, -0.2) is 0 Å². The van der Waals surface area contributed by atoms with E-state index >= 15 is 0 Å². The van der Waals surface area contributed by atoms with Gasteiger partial charge >= 0.3 is 0 Å². The molecule has 0 heterocycles. The van der Waals surface area contributed by atoms with Crippen molar-refractivity contribution >= 4 is 0 Å². The fourth-order valence-corrected chi connectivity index (χ4v) is 3.81. The third-order valence-corrected chi connectivity index (χ3v) is 6.09. The Balaban J connectivity index is 1.89. The van der Waals surface area contributed by atoms with E-state index in [0.717, 1.165) is 25.0 Å². The van der Waals surface area contributed by atoms with E-state index in [1.54, 1.807) is 0 Å². The molecular weight excluding hydrogens is 380 g/mol. The normalized spacial score (nSPS) is 14.4. The average molecular weight is 425 g/mol. The zero-order valence-corrected chi connectivity index (χ0v) is 21.3. The second-order valence-electron chi connectivity index (χ2n) is 10.9. The second kappa shape index (κ2) is 10.7. The molecule has 0 bridgehead atoms. The zero-order chi connectivity index (χ0) is 23.2. The van der Waals surface area contributed by atoms with Crippen LogP contribution in [0.3, 0.4) is 0 Å². The fraction of sp³-hybridized carbons (Fsp3) is 0.586. The molecule has 0 N–H and O–H groups in total. The number of benzene rings is 2. The van der Waals surface area contributed by atoms with E-state index in [1.807, 2.05) is 19.1 Å². The highest BCUT2D eigenvalue weighted by atomic mass is 16.7. The van der Waals surface area contributed by atoms with Crippen LogP contribution in [-0.2, 0) is 22.0 Å². The predicted octanol–water partition coefficient (Wildman–Crippen LogP) is 8.17. The van der Waals surface area contributed by atoms with E-state index in [1.165, 1.54) is 22.3 Å². The molecule has 0 aliphatic rings. The van der Waals surface area contributed by atoms with Crippen LogP contribution in [0.1, 0.15) is 103 Å². The van der Waals surface area contributed by atoms with E-state index in [9.17, 15) is 0 Å². The number of hydrogen-bond donors (Lipinski definition) is 0. The highest BCUT2D eigenvalue weighted by molar-refractivity contribution is 5.39. The third kappa shape index (κ3) is 7.68. The van der Waals surface area contributed by atoms with Crippen LogP contribution in [0.5, 0.6) is 5.75 Å². The molecule has 0 fully saturated rings. The Kier molecular flexibility index (Phi) is 8.77. The Morgan fingerprint density at radius 3 is 2.03 bits per heavy atom. The highest BCUT2D eigenvalue weighted by Crippen LogP contribution is 2.32. The average Bonchev–Trinajstić information content (AvgIpc) is 2.69. The van der Waals surface area contributed by atoms with Crippen LogP contribution in [0.15, 0.2) is 42.5 Å². The van der Waals surface area contributed by atoms with E-state index in [4.69, 9.17) is 9.47 Å². The maximum Gasteiger partial charge on any atom is 0.196 e. The quantitative estimate of drug-likeness (QED) is 0.298. The lowest BCUT2D eigenvalue weighted by Gasteiger charge is -2.27. The molecule has 0 aliphatic heterocycles. The van der Waals surface area contributed by atoms with Crippen LogP contribution in [-0.4, -0.2) is 12.9 Å². The fourth-order valence-electron chi connectivity index (χ4n) is 3.81.